The summed E-state index contributed by atoms with van der Waals surface area (Å²) in [5.41, 5.74) is 0.650. The van der Waals surface area contributed by atoms with Gasteiger partial charge in [0.05, 0.1) is 0 Å². The normalized spacial score (nSPS) is 13.0. The van der Waals surface area contributed by atoms with Crippen LogP contribution in [0.5, 0.6) is 0 Å². The third-order valence-electron chi connectivity index (χ3n) is 2.35. The summed E-state index contributed by atoms with van der Waals surface area (Å²) in [6, 6.07) is 9.86. The predicted molar refractivity (Wildman–Crippen MR) is 83.8 cm³/mol. The monoisotopic (exact) mass is 336 g/mol. The molecule has 0 atom stereocenters. The number of hydrogen-bond acceptors (Lipinski definition) is 4. The molecule has 0 unspecified atom stereocenters. The first-order valence-electron chi connectivity index (χ1n) is 5.82. The maximum Gasteiger partial charge on any atom is 0.394 e. The lowest BCUT2D eigenvalue weighted by Crippen LogP contribution is -2.10. The van der Waals surface area contributed by atoms with Gasteiger partial charge in [0.25, 0.3) is 0 Å². The molecular formula is C13H20O6S2. The molecule has 0 aromatic heterocycles. The summed E-state index contributed by atoms with van der Waals surface area (Å²) in [7, 11) is -6.17. The fourth-order valence-corrected chi connectivity index (χ4v) is 2.59. The summed E-state index contributed by atoms with van der Waals surface area (Å²) in [5.74, 6) is -0.230. The van der Waals surface area contributed by atoms with E-state index in [-0.39, 0.29) is 5.97 Å². The smallest absolute Gasteiger partial charge is 0.394 e. The Morgan fingerprint density at radius 2 is 1.57 bits per heavy atom. The largest absolute Gasteiger partial charge is 0.408 e. The van der Waals surface area contributed by atoms with Crippen LogP contribution in [-0.2, 0) is 19.4 Å². The highest BCUT2D eigenvalue weighted by Crippen LogP contribution is 2.50. The lowest BCUT2D eigenvalue weighted by Gasteiger charge is -2.30. The van der Waals surface area contributed by atoms with Crippen LogP contribution in [0.3, 0.4) is 0 Å². The van der Waals surface area contributed by atoms with E-state index in [1.54, 1.807) is 13.0 Å². The maximum absolute atomic E-state index is 11.7. The lowest BCUT2D eigenvalue weighted by atomic mass is 10.3. The second-order valence-corrected chi connectivity index (χ2v) is 8.34. The molecular weight excluding hydrogens is 316 g/mol. The third kappa shape index (κ3) is 9.24. The van der Waals surface area contributed by atoms with E-state index in [1.165, 1.54) is 0 Å². The van der Waals surface area contributed by atoms with Crippen molar-refractivity contribution in [3.8, 4) is 0 Å². The van der Waals surface area contributed by atoms with Crippen molar-refractivity contribution in [2.24, 2.45) is 0 Å². The van der Waals surface area contributed by atoms with Gasteiger partial charge in [-0.2, -0.15) is 8.42 Å². The molecule has 6 nitrogen and oxygen atoms in total. The number of allylic oxidation sites excluding steroid dienone is 1. The van der Waals surface area contributed by atoms with Crippen molar-refractivity contribution >= 4 is 26.7 Å². The fourth-order valence-electron chi connectivity index (χ4n) is 1.17. The molecule has 0 amide bonds. The molecule has 2 N–H and O–H groups in total. The second-order valence-electron chi connectivity index (χ2n) is 4.34. The van der Waals surface area contributed by atoms with E-state index in [9.17, 15) is 4.79 Å². The number of hydrogen-bond donors (Lipinski definition) is 2. The van der Waals surface area contributed by atoms with Gasteiger partial charge in [0.2, 0.25) is 0 Å². The highest BCUT2D eigenvalue weighted by atomic mass is 32.3. The zero-order valence-electron chi connectivity index (χ0n) is 12.3. The first-order valence-corrected chi connectivity index (χ1v) is 9.59. The third-order valence-corrected chi connectivity index (χ3v) is 4.33. The van der Waals surface area contributed by atoms with Gasteiger partial charge in [-0.3, -0.25) is 9.11 Å². The molecule has 0 saturated heterocycles. The van der Waals surface area contributed by atoms with Gasteiger partial charge in [-0.05, 0) is 26.0 Å². The van der Waals surface area contributed by atoms with Crippen LogP contribution in [-0.4, -0.2) is 36.0 Å². The Morgan fingerprint density at radius 1 is 1.14 bits per heavy atom. The van der Waals surface area contributed by atoms with E-state index in [0.717, 1.165) is 4.90 Å². The van der Waals surface area contributed by atoms with Crippen LogP contribution in [0.1, 0.15) is 13.8 Å². The van der Waals surface area contributed by atoms with Crippen LogP contribution in [0.2, 0.25) is 0 Å². The zero-order chi connectivity index (χ0) is 16.7. The maximum atomic E-state index is 11.7. The van der Waals surface area contributed by atoms with Crippen molar-refractivity contribution in [1.29, 1.82) is 0 Å². The van der Waals surface area contributed by atoms with Gasteiger partial charge < -0.3 is 4.18 Å². The van der Waals surface area contributed by atoms with Gasteiger partial charge in [-0.1, -0.05) is 34.6 Å². The Balaban J connectivity index is 0.000000690. The molecule has 120 valence electrons. The predicted octanol–water partition coefficient (Wildman–Crippen LogP) is 2.88. The Hall–Kier alpha value is -1.35. The first-order chi connectivity index (χ1) is 9.47. The van der Waals surface area contributed by atoms with Crippen LogP contribution in [0.15, 0.2) is 46.9 Å². The lowest BCUT2D eigenvalue weighted by molar-refractivity contribution is -0.129. The molecule has 1 aromatic carbocycles. The summed E-state index contributed by atoms with van der Waals surface area (Å²) < 4.78 is 37.1. The molecule has 0 bridgehead atoms. The molecule has 0 fully saturated rings. The van der Waals surface area contributed by atoms with E-state index in [0.29, 0.717) is 5.57 Å². The summed E-state index contributed by atoms with van der Waals surface area (Å²) in [5, 5.41) is 0. The number of rotatable bonds is 3. The summed E-state index contributed by atoms with van der Waals surface area (Å²) in [6.45, 7) is 3.60. The first kappa shape index (κ1) is 19.7. The average Bonchev–Trinajstić information content (AvgIpc) is 2.36. The Morgan fingerprint density at radius 3 is 1.95 bits per heavy atom. The van der Waals surface area contributed by atoms with E-state index in [4.69, 9.17) is 21.7 Å². The van der Waals surface area contributed by atoms with Crippen LogP contribution in [0.25, 0.3) is 0 Å². The zero-order valence-corrected chi connectivity index (χ0v) is 13.9. The molecule has 1 rings (SSSR count). The van der Waals surface area contributed by atoms with E-state index >= 15 is 0 Å². The standard InChI is InChI=1S/C13H18O2S.H2O4S/c1-5-11(2)13(14)15-16(3,4)12-9-7-6-8-10-12;1-5(2,3)4/h5-10H,1-4H3;(H2,1,2,3,4). The van der Waals surface area contributed by atoms with Gasteiger partial charge in [-0.15, -0.1) is 0 Å². The van der Waals surface area contributed by atoms with Crippen molar-refractivity contribution in [1.82, 2.24) is 0 Å². The summed E-state index contributed by atoms with van der Waals surface area (Å²) in [6.07, 6.45) is 5.72. The van der Waals surface area contributed by atoms with Crippen molar-refractivity contribution in [3.05, 3.63) is 42.0 Å². The van der Waals surface area contributed by atoms with Crippen LogP contribution in [0.4, 0.5) is 0 Å². The van der Waals surface area contributed by atoms with Crippen molar-refractivity contribution < 1.29 is 26.5 Å². The van der Waals surface area contributed by atoms with E-state index < -0.39 is 20.7 Å². The highest BCUT2D eigenvalue weighted by molar-refractivity contribution is 8.29. The molecule has 0 aliphatic carbocycles. The minimum Gasteiger partial charge on any atom is -0.408 e. The van der Waals surface area contributed by atoms with Gasteiger partial charge in [0.1, 0.15) is 0 Å². The molecule has 0 aliphatic rings. The quantitative estimate of drug-likeness (QED) is 0.650. The molecule has 21 heavy (non-hydrogen) atoms. The topological polar surface area (TPSA) is 101 Å². The number of carbonyl (C=O) groups excluding carboxylic acids is 1. The second kappa shape index (κ2) is 8.18. The highest BCUT2D eigenvalue weighted by Gasteiger charge is 2.20. The molecule has 0 spiro atoms. The van der Waals surface area contributed by atoms with Crippen LogP contribution >= 0.6 is 10.3 Å². The summed E-state index contributed by atoms with van der Waals surface area (Å²) in [4.78, 5) is 12.8. The molecule has 0 radical (unpaired) electrons. The van der Waals surface area contributed by atoms with Gasteiger partial charge in [-0.25, -0.2) is 4.79 Å². The molecule has 8 heteroatoms. The van der Waals surface area contributed by atoms with Crippen molar-refractivity contribution in [3.63, 3.8) is 0 Å². The molecule has 0 saturated carbocycles. The Labute approximate surface area is 126 Å². The van der Waals surface area contributed by atoms with Crippen LogP contribution in [0, 0.1) is 0 Å². The average molecular weight is 336 g/mol. The van der Waals surface area contributed by atoms with Crippen LogP contribution < -0.4 is 0 Å². The minimum atomic E-state index is -4.67. The number of carbonyl (C=O) groups is 1. The van der Waals surface area contributed by atoms with E-state index in [2.05, 4.69) is 0 Å². The van der Waals surface area contributed by atoms with Gasteiger partial charge in [0, 0.05) is 23.0 Å². The van der Waals surface area contributed by atoms with Crippen molar-refractivity contribution in [2.75, 3.05) is 12.5 Å². The van der Waals surface area contributed by atoms with E-state index in [1.807, 2.05) is 49.8 Å². The van der Waals surface area contributed by atoms with Gasteiger partial charge in [0.15, 0.2) is 0 Å². The SMILES string of the molecule is CC=C(C)C(=O)OS(C)(C)c1ccccc1.O=S(=O)(O)O. The van der Waals surface area contributed by atoms with Gasteiger partial charge >= 0.3 is 16.4 Å². The molecule has 0 aliphatic heterocycles. The number of benzene rings is 1. The fraction of sp³-hybridized carbons (Fsp3) is 0.308. The van der Waals surface area contributed by atoms with Crippen molar-refractivity contribution in [2.45, 2.75) is 18.7 Å². The molecule has 1 aromatic rings. The Kier molecular flexibility index (Phi) is 7.65. The minimum absolute atomic E-state index is 0.230. The molecule has 0 heterocycles. The summed E-state index contributed by atoms with van der Waals surface area (Å²) >= 11 is 0. The Bertz CT molecular complexity index is 582.